The van der Waals surface area contributed by atoms with Crippen LogP contribution < -0.4 is 5.56 Å². The molecule has 3 aliphatic rings. The second-order valence-electron chi connectivity index (χ2n) is 8.70. The molecule has 30 heavy (non-hydrogen) atoms. The van der Waals surface area contributed by atoms with Gasteiger partial charge in [0.15, 0.2) is 0 Å². The van der Waals surface area contributed by atoms with E-state index in [0.29, 0.717) is 43.1 Å². The maximum absolute atomic E-state index is 12.9. The molecule has 3 heterocycles. The molecule has 166 valence electrons. The zero-order chi connectivity index (χ0) is 21.5. The molecule has 1 N–H and O–H groups in total. The maximum Gasteiger partial charge on any atom is 0.254 e. The normalized spacial score (nSPS) is 27.8. The molecule has 9 nitrogen and oxygen atoms in total. The predicted octanol–water partition coefficient (Wildman–Crippen LogP) is 0.609. The Hall–Kier alpha value is -1.78. The van der Waals surface area contributed by atoms with Crippen molar-refractivity contribution >= 4 is 15.9 Å². The van der Waals surface area contributed by atoms with E-state index >= 15 is 0 Å². The average molecular weight is 439 g/mol. The van der Waals surface area contributed by atoms with E-state index in [0.717, 1.165) is 32.1 Å². The van der Waals surface area contributed by atoms with Crippen molar-refractivity contribution in [2.45, 2.75) is 57.1 Å². The fourth-order valence-corrected chi connectivity index (χ4v) is 5.68. The lowest BCUT2D eigenvalue weighted by Gasteiger charge is -2.30. The minimum atomic E-state index is -3.33. The van der Waals surface area contributed by atoms with E-state index in [1.807, 2.05) is 4.90 Å². The molecule has 0 radical (unpaired) electrons. The quantitative estimate of drug-likeness (QED) is 0.737. The lowest BCUT2D eigenvalue weighted by molar-refractivity contribution is -0.136. The number of likely N-dealkylation sites (tertiary alicyclic amines) is 1. The molecule has 1 saturated carbocycles. The van der Waals surface area contributed by atoms with Crippen LogP contribution in [0, 0.1) is 5.92 Å². The summed E-state index contributed by atoms with van der Waals surface area (Å²) in [6.45, 7) is 1.63. The van der Waals surface area contributed by atoms with Gasteiger partial charge in [-0.15, -0.1) is 0 Å². The number of aromatic nitrogens is 2. The molecule has 2 fully saturated rings. The van der Waals surface area contributed by atoms with Crippen LogP contribution in [-0.2, 0) is 32.5 Å². The van der Waals surface area contributed by atoms with Crippen LogP contribution in [0.2, 0.25) is 0 Å². The van der Waals surface area contributed by atoms with Crippen LogP contribution in [0.15, 0.2) is 4.79 Å². The smallest absolute Gasteiger partial charge is 0.254 e. The molecule has 1 aromatic heterocycles. The molecule has 1 atom stereocenters. The first kappa shape index (κ1) is 21.5. The van der Waals surface area contributed by atoms with Crippen LogP contribution in [-0.4, -0.2) is 72.6 Å². The SMILES string of the molecule is COC1CCC(C(=O)N2CCC(c3nc4c(c(=O)[nH]3)CCN(S(C)(=O)=O)C4)C2)CC1. The fourth-order valence-electron chi connectivity index (χ4n) is 4.90. The van der Waals surface area contributed by atoms with Crippen molar-refractivity contribution in [1.82, 2.24) is 19.2 Å². The van der Waals surface area contributed by atoms with E-state index < -0.39 is 10.0 Å². The van der Waals surface area contributed by atoms with Crippen LogP contribution in [0.1, 0.15) is 55.1 Å². The number of nitrogens with zero attached hydrogens (tertiary/aromatic N) is 3. The zero-order valence-corrected chi connectivity index (χ0v) is 18.4. The lowest BCUT2D eigenvalue weighted by atomic mass is 9.86. The van der Waals surface area contributed by atoms with E-state index in [1.165, 1.54) is 10.6 Å². The molecule has 1 aliphatic carbocycles. The van der Waals surface area contributed by atoms with Gasteiger partial charge in [-0.25, -0.2) is 13.4 Å². The van der Waals surface area contributed by atoms with Gasteiger partial charge in [-0.05, 0) is 38.5 Å². The number of sulfonamides is 1. The van der Waals surface area contributed by atoms with Gasteiger partial charge in [-0.1, -0.05) is 0 Å². The van der Waals surface area contributed by atoms with E-state index in [2.05, 4.69) is 9.97 Å². The fraction of sp³-hybridized carbons (Fsp3) is 0.750. The molecule has 0 spiro atoms. The number of hydrogen-bond acceptors (Lipinski definition) is 6. The standard InChI is InChI=1S/C20H30N4O5S/c1-29-15-5-3-13(4-6-15)20(26)23-9-7-14(11-23)18-21-17-12-24(30(2,27)28)10-8-16(17)19(25)22-18/h13-15H,3-12H2,1-2H3,(H,21,22,25). The lowest BCUT2D eigenvalue weighted by Crippen LogP contribution is -2.39. The Bertz CT molecular complexity index is 968. The summed E-state index contributed by atoms with van der Waals surface area (Å²) in [5.74, 6) is 0.771. The van der Waals surface area contributed by atoms with Crippen molar-refractivity contribution in [2.24, 2.45) is 5.92 Å². The summed E-state index contributed by atoms with van der Waals surface area (Å²) in [4.78, 5) is 34.9. The first-order valence-electron chi connectivity index (χ1n) is 10.6. The number of hydrogen-bond donors (Lipinski definition) is 1. The van der Waals surface area contributed by atoms with Gasteiger partial charge in [0.25, 0.3) is 5.56 Å². The zero-order valence-electron chi connectivity index (χ0n) is 17.6. The highest BCUT2D eigenvalue weighted by Crippen LogP contribution is 2.31. The third-order valence-electron chi connectivity index (χ3n) is 6.77. The van der Waals surface area contributed by atoms with Gasteiger partial charge < -0.3 is 14.6 Å². The molecular formula is C20H30N4O5S. The van der Waals surface area contributed by atoms with Crippen molar-refractivity contribution in [3.05, 3.63) is 27.4 Å². The number of H-pyrrole nitrogens is 1. The summed E-state index contributed by atoms with van der Waals surface area (Å²) < 4.78 is 30.5. The van der Waals surface area contributed by atoms with E-state index in [9.17, 15) is 18.0 Å². The van der Waals surface area contributed by atoms with Crippen LogP contribution in [0.5, 0.6) is 0 Å². The van der Waals surface area contributed by atoms with Crippen LogP contribution >= 0.6 is 0 Å². The number of nitrogens with one attached hydrogen (secondary N) is 1. The third kappa shape index (κ3) is 4.31. The highest BCUT2D eigenvalue weighted by molar-refractivity contribution is 7.88. The van der Waals surface area contributed by atoms with E-state index in [1.54, 1.807) is 7.11 Å². The van der Waals surface area contributed by atoms with E-state index in [-0.39, 0.29) is 36.0 Å². The van der Waals surface area contributed by atoms with Gasteiger partial charge in [-0.3, -0.25) is 9.59 Å². The number of methoxy groups -OCH3 is 1. The Balaban J connectivity index is 1.45. The minimum absolute atomic E-state index is 0.0316. The van der Waals surface area contributed by atoms with E-state index in [4.69, 9.17) is 4.74 Å². The van der Waals surface area contributed by atoms with Crippen LogP contribution in [0.4, 0.5) is 0 Å². The van der Waals surface area contributed by atoms with Crippen molar-refractivity contribution in [2.75, 3.05) is 33.0 Å². The number of fused-ring (bicyclic) bond motifs is 1. The van der Waals surface area contributed by atoms with Gasteiger partial charge in [0, 0.05) is 44.1 Å². The van der Waals surface area contributed by atoms with Crippen LogP contribution in [0.3, 0.4) is 0 Å². The number of rotatable bonds is 4. The van der Waals surface area contributed by atoms with Crippen molar-refractivity contribution < 1.29 is 17.9 Å². The summed E-state index contributed by atoms with van der Waals surface area (Å²) in [5, 5.41) is 0. The molecule has 1 unspecified atom stereocenters. The molecular weight excluding hydrogens is 408 g/mol. The summed E-state index contributed by atoms with van der Waals surface area (Å²) in [5.41, 5.74) is 0.915. The maximum atomic E-state index is 12.9. The number of carbonyl (C=O) groups is 1. The summed E-state index contributed by atoms with van der Waals surface area (Å²) >= 11 is 0. The van der Waals surface area contributed by atoms with Gasteiger partial charge in [0.1, 0.15) is 5.82 Å². The van der Waals surface area contributed by atoms with Gasteiger partial charge in [0.05, 0.1) is 24.6 Å². The molecule has 2 aliphatic heterocycles. The number of ether oxygens (including phenoxy) is 1. The molecule has 1 aromatic rings. The second-order valence-corrected chi connectivity index (χ2v) is 10.7. The Kier molecular flexibility index (Phi) is 6.00. The Morgan fingerprint density at radius 3 is 2.57 bits per heavy atom. The largest absolute Gasteiger partial charge is 0.381 e. The van der Waals surface area contributed by atoms with Crippen molar-refractivity contribution in [1.29, 1.82) is 0 Å². The Labute approximate surface area is 176 Å². The summed E-state index contributed by atoms with van der Waals surface area (Å²) in [6.07, 6.45) is 6.09. The molecule has 4 rings (SSSR count). The molecule has 1 saturated heterocycles. The summed E-state index contributed by atoms with van der Waals surface area (Å²) in [7, 11) is -1.61. The van der Waals surface area contributed by atoms with Crippen molar-refractivity contribution in [3.63, 3.8) is 0 Å². The topological polar surface area (TPSA) is 113 Å². The minimum Gasteiger partial charge on any atom is -0.381 e. The molecule has 0 bridgehead atoms. The Morgan fingerprint density at radius 2 is 1.90 bits per heavy atom. The first-order valence-corrected chi connectivity index (χ1v) is 12.5. The molecule has 10 heteroatoms. The number of carbonyl (C=O) groups excluding carboxylic acids is 1. The predicted molar refractivity (Wildman–Crippen MR) is 111 cm³/mol. The van der Waals surface area contributed by atoms with Gasteiger partial charge in [0.2, 0.25) is 15.9 Å². The molecule has 0 aromatic carbocycles. The molecule has 1 amide bonds. The number of amides is 1. The van der Waals surface area contributed by atoms with Crippen molar-refractivity contribution in [3.8, 4) is 0 Å². The monoisotopic (exact) mass is 438 g/mol. The average Bonchev–Trinajstić information content (AvgIpc) is 3.22. The Morgan fingerprint density at radius 1 is 1.17 bits per heavy atom. The van der Waals surface area contributed by atoms with Crippen LogP contribution in [0.25, 0.3) is 0 Å². The van der Waals surface area contributed by atoms with Gasteiger partial charge in [-0.2, -0.15) is 4.31 Å². The van der Waals surface area contributed by atoms with Gasteiger partial charge >= 0.3 is 0 Å². The highest BCUT2D eigenvalue weighted by Gasteiger charge is 2.35. The first-order chi connectivity index (χ1) is 14.3. The highest BCUT2D eigenvalue weighted by atomic mass is 32.2. The second kappa shape index (κ2) is 8.39. The summed E-state index contributed by atoms with van der Waals surface area (Å²) in [6, 6.07) is 0. The number of aromatic amines is 1. The third-order valence-corrected chi connectivity index (χ3v) is 8.02.